The predicted molar refractivity (Wildman–Crippen MR) is 195 cm³/mol. The molecule has 0 saturated heterocycles. The van der Waals surface area contributed by atoms with Crippen molar-refractivity contribution in [3.63, 3.8) is 0 Å². The number of rotatable bonds is 2. The molecule has 0 radical (unpaired) electrons. The lowest BCUT2D eigenvalue weighted by atomic mass is 10.0. The van der Waals surface area contributed by atoms with Crippen molar-refractivity contribution in [3.8, 4) is 22.4 Å². The van der Waals surface area contributed by atoms with Crippen molar-refractivity contribution < 1.29 is 13.3 Å². The molecule has 5 nitrogen and oxygen atoms in total. The third-order valence-electron chi connectivity index (χ3n) is 8.45. The number of aromatic nitrogens is 2. The molecule has 5 heteroatoms. The first-order valence-electron chi connectivity index (χ1n) is 15.9. The van der Waals surface area contributed by atoms with Crippen molar-refractivity contribution in [1.82, 2.24) is 9.38 Å². The molecule has 5 aromatic carbocycles. The van der Waals surface area contributed by atoms with Gasteiger partial charge < -0.3 is 17.7 Å². The fraction of sp³-hybridized carbons (Fsp3) is 0.0714. The van der Waals surface area contributed by atoms with Crippen molar-refractivity contribution in [2.45, 2.75) is 20.8 Å². The summed E-state index contributed by atoms with van der Waals surface area (Å²) >= 11 is 0. The Morgan fingerprint density at radius 3 is 1.85 bits per heavy atom. The van der Waals surface area contributed by atoms with E-state index in [0.29, 0.717) is 0 Å². The van der Waals surface area contributed by atoms with Crippen LogP contribution < -0.4 is 0 Å². The number of pyridine rings is 1. The highest BCUT2D eigenvalue weighted by molar-refractivity contribution is 6.19. The summed E-state index contributed by atoms with van der Waals surface area (Å²) in [6.07, 6.45) is 5.81. The number of furan rings is 3. The highest BCUT2D eigenvalue weighted by Gasteiger charge is 2.17. The van der Waals surface area contributed by atoms with Crippen LogP contribution in [0.1, 0.15) is 20.8 Å². The Balaban J connectivity index is 0.000000616. The molecule has 0 fully saturated rings. The molecule has 0 unspecified atom stereocenters. The van der Waals surface area contributed by atoms with Gasteiger partial charge in [0.05, 0.1) is 5.69 Å². The molecule has 0 aliphatic carbocycles. The maximum Gasteiger partial charge on any atom is 0.178 e. The first-order chi connectivity index (χ1) is 23.2. The Morgan fingerprint density at radius 1 is 0.553 bits per heavy atom. The van der Waals surface area contributed by atoms with E-state index < -0.39 is 0 Å². The van der Waals surface area contributed by atoms with Gasteiger partial charge in [0.1, 0.15) is 28.0 Å². The topological polar surface area (TPSA) is 56.7 Å². The zero-order chi connectivity index (χ0) is 32.1. The monoisotopic (exact) mass is 612 g/mol. The van der Waals surface area contributed by atoms with Crippen LogP contribution in [0.4, 0.5) is 0 Å². The highest BCUT2D eigenvalue weighted by Crippen LogP contribution is 2.40. The second kappa shape index (κ2) is 11.4. The van der Waals surface area contributed by atoms with Crippen molar-refractivity contribution in [1.29, 1.82) is 0 Å². The van der Waals surface area contributed by atoms with E-state index in [9.17, 15) is 0 Å². The van der Waals surface area contributed by atoms with Crippen LogP contribution in [0.3, 0.4) is 0 Å². The van der Waals surface area contributed by atoms with Gasteiger partial charge in [-0.1, -0.05) is 62.4 Å². The van der Waals surface area contributed by atoms with Gasteiger partial charge in [0.15, 0.2) is 11.2 Å². The summed E-state index contributed by atoms with van der Waals surface area (Å²) in [4.78, 5) is 4.77. The van der Waals surface area contributed by atoms with E-state index >= 15 is 0 Å². The Bertz CT molecular complexity index is 2720. The van der Waals surface area contributed by atoms with Gasteiger partial charge >= 0.3 is 0 Å². The molecular weight excluding hydrogens is 580 g/mol. The molecular formula is C42H32N2O3. The molecule has 5 aromatic heterocycles. The molecule has 228 valence electrons. The Labute approximate surface area is 271 Å². The smallest absolute Gasteiger partial charge is 0.178 e. The molecule has 0 N–H and O–H groups in total. The first kappa shape index (κ1) is 28.4. The van der Waals surface area contributed by atoms with Crippen LogP contribution in [-0.4, -0.2) is 9.38 Å². The highest BCUT2D eigenvalue weighted by atomic mass is 16.4. The molecule has 0 saturated carbocycles. The fourth-order valence-electron chi connectivity index (χ4n) is 6.39. The number of allylic oxidation sites excluding steroid dienone is 1. The van der Waals surface area contributed by atoms with E-state index in [1.165, 1.54) is 0 Å². The van der Waals surface area contributed by atoms with Gasteiger partial charge in [0.25, 0.3) is 0 Å². The summed E-state index contributed by atoms with van der Waals surface area (Å²) in [5, 5.41) is 6.46. The molecule has 10 aromatic rings. The number of benzene rings is 5. The van der Waals surface area contributed by atoms with Crippen molar-refractivity contribution >= 4 is 71.5 Å². The Hall–Kier alpha value is -6.07. The largest absolute Gasteiger partial charge is 0.456 e. The van der Waals surface area contributed by atoms with Gasteiger partial charge in [-0.05, 0) is 84.8 Å². The van der Waals surface area contributed by atoms with Crippen molar-refractivity contribution in [3.05, 3.63) is 134 Å². The maximum atomic E-state index is 6.41. The number of para-hydroxylation sites is 1. The van der Waals surface area contributed by atoms with E-state index in [2.05, 4.69) is 73.3 Å². The van der Waals surface area contributed by atoms with Crippen LogP contribution in [-0.2, 0) is 0 Å². The number of hydrogen-bond acceptors (Lipinski definition) is 4. The quantitative estimate of drug-likeness (QED) is 0.182. The van der Waals surface area contributed by atoms with Crippen LogP contribution >= 0.6 is 0 Å². The SMILES string of the molecule is C=CC.CC.c1ccc2c(c1)oc1c2ccc2c3cc(-c4ccc5c(c4)oc4cc(-c6cn7ccccc7n6)ccc45)ccc3oc21. The molecule has 0 aliphatic rings. The lowest BCUT2D eigenvalue weighted by Crippen LogP contribution is -1.78. The number of imidazole rings is 1. The lowest BCUT2D eigenvalue weighted by molar-refractivity contribution is 0.633. The van der Waals surface area contributed by atoms with E-state index in [-0.39, 0.29) is 0 Å². The van der Waals surface area contributed by atoms with Crippen LogP contribution in [0.2, 0.25) is 0 Å². The molecule has 0 aliphatic heterocycles. The minimum Gasteiger partial charge on any atom is -0.456 e. The summed E-state index contributed by atoms with van der Waals surface area (Å²) in [5.74, 6) is 0. The van der Waals surface area contributed by atoms with Crippen LogP contribution in [0.25, 0.3) is 93.8 Å². The molecule has 47 heavy (non-hydrogen) atoms. The minimum absolute atomic E-state index is 0.782. The second-order valence-corrected chi connectivity index (χ2v) is 11.3. The summed E-state index contributed by atoms with van der Waals surface area (Å²) < 4.78 is 21.0. The van der Waals surface area contributed by atoms with E-state index in [1.54, 1.807) is 6.08 Å². The van der Waals surface area contributed by atoms with Crippen LogP contribution in [0.5, 0.6) is 0 Å². The lowest BCUT2D eigenvalue weighted by Gasteiger charge is -2.02. The first-order valence-corrected chi connectivity index (χ1v) is 15.9. The minimum atomic E-state index is 0.782. The molecule has 0 bridgehead atoms. The van der Waals surface area contributed by atoms with E-state index in [1.807, 2.05) is 80.0 Å². The second-order valence-electron chi connectivity index (χ2n) is 11.3. The molecule has 0 atom stereocenters. The van der Waals surface area contributed by atoms with Crippen LogP contribution in [0, 0.1) is 0 Å². The van der Waals surface area contributed by atoms with Gasteiger partial charge in [-0.25, -0.2) is 4.98 Å². The third kappa shape index (κ3) is 4.59. The normalized spacial score (nSPS) is 11.4. The van der Waals surface area contributed by atoms with Gasteiger partial charge in [-0.15, -0.1) is 6.58 Å². The standard InChI is InChI=1S/C37H20N2O3.C3H6.C2H6/c1-2-6-31-24(5-1)27-13-14-28-29-17-21(10-15-32(29)42-37(28)36(27)41-31)22-8-11-25-26-12-9-23(19-34(26)40-33(25)18-22)30-20-39-16-4-3-7-35(39)38-30;1-3-2;1-2/h1-20H;3H,1H2,2H3;1-2H3. The average Bonchev–Trinajstić information content (AvgIpc) is 3.89. The van der Waals surface area contributed by atoms with Gasteiger partial charge in [-0.3, -0.25) is 0 Å². The summed E-state index contributed by atoms with van der Waals surface area (Å²) in [6.45, 7) is 9.25. The molecule has 5 heterocycles. The zero-order valence-electron chi connectivity index (χ0n) is 26.5. The summed E-state index contributed by atoms with van der Waals surface area (Å²) in [7, 11) is 0. The Kier molecular flexibility index (Phi) is 6.88. The third-order valence-corrected chi connectivity index (χ3v) is 8.45. The number of fused-ring (bicyclic) bond motifs is 11. The summed E-state index contributed by atoms with van der Waals surface area (Å²) in [5.41, 5.74) is 10.0. The van der Waals surface area contributed by atoms with Gasteiger partial charge in [0.2, 0.25) is 0 Å². The molecule has 0 amide bonds. The predicted octanol–water partition coefficient (Wildman–Crippen LogP) is 12.6. The zero-order valence-corrected chi connectivity index (χ0v) is 26.5. The van der Waals surface area contributed by atoms with Crippen LogP contribution in [0.15, 0.2) is 147 Å². The molecule has 0 spiro atoms. The number of nitrogens with zero attached hydrogens (tertiary/aromatic N) is 2. The van der Waals surface area contributed by atoms with Crippen molar-refractivity contribution in [2.24, 2.45) is 0 Å². The van der Waals surface area contributed by atoms with Crippen molar-refractivity contribution in [2.75, 3.05) is 0 Å². The maximum absolute atomic E-state index is 6.41. The van der Waals surface area contributed by atoms with E-state index in [4.69, 9.17) is 18.2 Å². The summed E-state index contributed by atoms with van der Waals surface area (Å²) in [6, 6.07) is 37.5. The van der Waals surface area contributed by atoms with E-state index in [0.717, 1.165) is 93.8 Å². The fourth-order valence-corrected chi connectivity index (χ4v) is 6.39. The molecule has 10 rings (SSSR count). The van der Waals surface area contributed by atoms with Gasteiger partial charge in [-0.2, -0.15) is 0 Å². The average molecular weight is 613 g/mol. The van der Waals surface area contributed by atoms with Gasteiger partial charge in [0, 0.05) is 50.3 Å². The Morgan fingerprint density at radius 2 is 1.11 bits per heavy atom. The number of hydrogen-bond donors (Lipinski definition) is 0.